The van der Waals surface area contributed by atoms with Gasteiger partial charge in [-0.15, -0.1) is 10.2 Å². The van der Waals surface area contributed by atoms with E-state index in [1.54, 1.807) is 11.8 Å². The number of benzene rings is 1. The number of rotatable bonds is 8. The first-order valence-corrected chi connectivity index (χ1v) is 10.1. The molecule has 0 aliphatic carbocycles. The van der Waals surface area contributed by atoms with Crippen LogP contribution in [0.15, 0.2) is 35.5 Å². The maximum Gasteiger partial charge on any atom is 0.222 e. The highest BCUT2D eigenvalue weighted by molar-refractivity contribution is 7.99. The summed E-state index contributed by atoms with van der Waals surface area (Å²) in [5.74, 6) is 1.63. The van der Waals surface area contributed by atoms with Gasteiger partial charge in [-0.05, 0) is 18.4 Å². The Bertz CT molecular complexity index is 712. The molecule has 0 saturated carbocycles. The smallest absolute Gasteiger partial charge is 0.222 e. The molecule has 0 spiro atoms. The van der Waals surface area contributed by atoms with Crippen molar-refractivity contribution in [1.29, 1.82) is 0 Å². The van der Waals surface area contributed by atoms with Gasteiger partial charge in [-0.2, -0.15) is 0 Å². The number of aromatic nitrogens is 3. The molecule has 1 fully saturated rings. The first-order chi connectivity index (χ1) is 12.6. The Labute approximate surface area is 158 Å². The van der Waals surface area contributed by atoms with Gasteiger partial charge in [0.05, 0.1) is 19.2 Å². The van der Waals surface area contributed by atoms with Gasteiger partial charge in [0.2, 0.25) is 5.91 Å². The van der Waals surface area contributed by atoms with Crippen LogP contribution >= 0.6 is 11.8 Å². The average molecular weight is 375 g/mol. The Morgan fingerprint density at radius 2 is 2.15 bits per heavy atom. The highest BCUT2D eigenvalue weighted by atomic mass is 32.2. The maximum absolute atomic E-state index is 11.9. The molecule has 26 heavy (non-hydrogen) atoms. The number of amides is 1. The topological polar surface area (TPSA) is 69.0 Å². The second-order valence-electron chi connectivity index (χ2n) is 6.79. The molecule has 7 heteroatoms. The molecule has 1 saturated heterocycles. The van der Waals surface area contributed by atoms with Crippen molar-refractivity contribution in [2.24, 2.45) is 5.92 Å². The van der Waals surface area contributed by atoms with E-state index >= 15 is 0 Å². The lowest BCUT2D eigenvalue weighted by Gasteiger charge is -2.13. The molecule has 1 aliphatic rings. The molecule has 1 aromatic carbocycles. The van der Waals surface area contributed by atoms with E-state index in [0.717, 1.165) is 36.2 Å². The van der Waals surface area contributed by atoms with Crippen molar-refractivity contribution >= 4 is 17.7 Å². The van der Waals surface area contributed by atoms with Gasteiger partial charge < -0.3 is 14.6 Å². The number of nitrogens with zero attached hydrogens (tertiary/aromatic N) is 3. The highest BCUT2D eigenvalue weighted by Crippen LogP contribution is 2.24. The number of hydrogen-bond acceptors (Lipinski definition) is 5. The standard InChI is InChI=1S/C19H26N4O2S/c1-14(2)18(24)20-11-17-21-22-19(26-13-16-9-6-10-25-16)23(17)12-15-7-4-3-5-8-15/h3-5,7-8,14,16H,6,9-13H2,1-2H3,(H,20,24)/t16-/m1/s1. The van der Waals surface area contributed by atoms with Crippen LogP contribution < -0.4 is 5.32 Å². The van der Waals surface area contributed by atoms with E-state index in [2.05, 4.69) is 32.2 Å². The fraction of sp³-hybridized carbons (Fsp3) is 0.526. The zero-order valence-electron chi connectivity index (χ0n) is 15.4. The van der Waals surface area contributed by atoms with Gasteiger partial charge in [-0.25, -0.2) is 0 Å². The van der Waals surface area contributed by atoms with Gasteiger partial charge in [0.1, 0.15) is 0 Å². The third kappa shape index (κ3) is 5.08. The number of carbonyl (C=O) groups excluding carboxylic acids is 1. The highest BCUT2D eigenvalue weighted by Gasteiger charge is 2.19. The summed E-state index contributed by atoms with van der Waals surface area (Å²) < 4.78 is 7.80. The molecule has 2 aromatic rings. The Kier molecular flexibility index (Phi) is 6.68. The van der Waals surface area contributed by atoms with Gasteiger partial charge in [0.15, 0.2) is 11.0 Å². The number of thioether (sulfide) groups is 1. The number of hydrogen-bond donors (Lipinski definition) is 1. The second kappa shape index (κ2) is 9.19. The normalized spacial score (nSPS) is 17.0. The minimum Gasteiger partial charge on any atom is -0.377 e. The quantitative estimate of drug-likeness (QED) is 0.720. The molecule has 6 nitrogen and oxygen atoms in total. The molecule has 1 amide bonds. The summed E-state index contributed by atoms with van der Waals surface area (Å²) in [7, 11) is 0. The fourth-order valence-corrected chi connectivity index (χ4v) is 3.82. The minimum atomic E-state index is -0.0474. The van der Waals surface area contributed by atoms with Crippen molar-refractivity contribution in [3.05, 3.63) is 41.7 Å². The van der Waals surface area contributed by atoms with Crippen molar-refractivity contribution in [3.63, 3.8) is 0 Å². The predicted octanol–water partition coefficient (Wildman–Crippen LogP) is 2.87. The molecule has 0 radical (unpaired) electrons. The molecule has 2 heterocycles. The van der Waals surface area contributed by atoms with Crippen LogP contribution in [0, 0.1) is 5.92 Å². The van der Waals surface area contributed by atoms with E-state index in [0.29, 0.717) is 19.2 Å². The van der Waals surface area contributed by atoms with Crippen LogP contribution in [0.4, 0.5) is 0 Å². The summed E-state index contributed by atoms with van der Waals surface area (Å²) in [5.41, 5.74) is 1.18. The Morgan fingerprint density at radius 1 is 1.35 bits per heavy atom. The molecular formula is C19H26N4O2S. The maximum atomic E-state index is 11.9. The molecule has 1 atom stereocenters. The summed E-state index contributed by atoms with van der Waals surface area (Å²) in [6.07, 6.45) is 2.54. The third-order valence-electron chi connectivity index (χ3n) is 4.34. The van der Waals surface area contributed by atoms with Gasteiger partial charge in [-0.3, -0.25) is 4.79 Å². The molecular weight excluding hydrogens is 348 g/mol. The molecule has 1 N–H and O–H groups in total. The van der Waals surface area contributed by atoms with E-state index < -0.39 is 0 Å². The Balaban J connectivity index is 1.73. The SMILES string of the molecule is CC(C)C(=O)NCc1nnc(SC[C@H]2CCCO2)n1Cc1ccccc1. The lowest BCUT2D eigenvalue weighted by atomic mass is 10.2. The van der Waals surface area contributed by atoms with Gasteiger partial charge in [0, 0.05) is 18.3 Å². The van der Waals surface area contributed by atoms with Crippen LogP contribution in [-0.2, 0) is 22.6 Å². The minimum absolute atomic E-state index is 0.0211. The van der Waals surface area contributed by atoms with Crippen LogP contribution in [0.25, 0.3) is 0 Å². The van der Waals surface area contributed by atoms with Crippen molar-refractivity contribution in [2.75, 3.05) is 12.4 Å². The van der Waals surface area contributed by atoms with Crippen LogP contribution in [0.1, 0.15) is 38.1 Å². The Hall–Kier alpha value is -1.86. The van der Waals surface area contributed by atoms with Gasteiger partial charge in [-0.1, -0.05) is 55.9 Å². The van der Waals surface area contributed by atoms with E-state index in [9.17, 15) is 4.79 Å². The summed E-state index contributed by atoms with van der Waals surface area (Å²) >= 11 is 1.68. The zero-order chi connectivity index (χ0) is 18.4. The summed E-state index contributed by atoms with van der Waals surface area (Å²) in [6, 6.07) is 10.2. The van der Waals surface area contributed by atoms with Crippen molar-refractivity contribution in [3.8, 4) is 0 Å². The molecule has 140 valence electrons. The van der Waals surface area contributed by atoms with Crippen molar-refractivity contribution in [1.82, 2.24) is 20.1 Å². The molecule has 1 aromatic heterocycles. The summed E-state index contributed by atoms with van der Waals surface area (Å²) in [6.45, 7) is 5.69. The van der Waals surface area contributed by atoms with E-state index in [-0.39, 0.29) is 11.8 Å². The predicted molar refractivity (Wildman–Crippen MR) is 102 cm³/mol. The van der Waals surface area contributed by atoms with Gasteiger partial charge in [0.25, 0.3) is 0 Å². The van der Waals surface area contributed by atoms with Gasteiger partial charge >= 0.3 is 0 Å². The lowest BCUT2D eigenvalue weighted by Crippen LogP contribution is -2.28. The number of carbonyl (C=O) groups is 1. The van der Waals surface area contributed by atoms with Crippen LogP contribution in [0.5, 0.6) is 0 Å². The summed E-state index contributed by atoms with van der Waals surface area (Å²) in [4.78, 5) is 11.9. The zero-order valence-corrected chi connectivity index (χ0v) is 16.2. The third-order valence-corrected chi connectivity index (χ3v) is 5.44. The lowest BCUT2D eigenvalue weighted by molar-refractivity contribution is -0.124. The van der Waals surface area contributed by atoms with E-state index in [1.807, 2.05) is 32.0 Å². The van der Waals surface area contributed by atoms with Crippen LogP contribution in [-0.4, -0.2) is 39.1 Å². The van der Waals surface area contributed by atoms with E-state index in [1.165, 1.54) is 5.56 Å². The first kappa shape index (κ1) is 18.9. The van der Waals surface area contributed by atoms with Crippen LogP contribution in [0.3, 0.4) is 0 Å². The molecule has 0 unspecified atom stereocenters. The fourth-order valence-electron chi connectivity index (χ4n) is 2.79. The Morgan fingerprint density at radius 3 is 2.85 bits per heavy atom. The van der Waals surface area contributed by atoms with Crippen molar-refractivity contribution < 1.29 is 9.53 Å². The second-order valence-corrected chi connectivity index (χ2v) is 7.78. The monoisotopic (exact) mass is 374 g/mol. The average Bonchev–Trinajstić information content (AvgIpc) is 3.29. The molecule has 3 rings (SSSR count). The number of ether oxygens (including phenoxy) is 1. The molecule has 0 bridgehead atoms. The largest absolute Gasteiger partial charge is 0.377 e. The van der Waals surface area contributed by atoms with E-state index in [4.69, 9.17) is 4.74 Å². The van der Waals surface area contributed by atoms with Crippen molar-refractivity contribution in [2.45, 2.75) is 51.0 Å². The van der Waals surface area contributed by atoms with Crippen LogP contribution in [0.2, 0.25) is 0 Å². The first-order valence-electron chi connectivity index (χ1n) is 9.11. The number of nitrogens with one attached hydrogen (secondary N) is 1. The summed E-state index contributed by atoms with van der Waals surface area (Å²) in [5, 5.41) is 12.5. The molecule has 1 aliphatic heterocycles.